The minimum Gasteiger partial charge on any atom is -0.366 e. The molecule has 0 unspecified atom stereocenters. The van der Waals surface area contributed by atoms with Crippen LogP contribution >= 0.6 is 11.3 Å². The molecule has 5 nitrogen and oxygen atoms in total. The molecule has 0 atom stereocenters. The number of nitrogens with two attached hydrogens (primary N) is 1. The highest BCUT2D eigenvalue weighted by atomic mass is 32.1. The molecular formula is C19H19N3O2S. The SMILES string of the molecule is NC(=O)c1ccc(NC(=O)c2cc3sccc3n2C2CCCC2)cc1. The molecular weight excluding hydrogens is 334 g/mol. The van der Waals surface area contributed by atoms with Gasteiger partial charge < -0.3 is 15.6 Å². The fourth-order valence-electron chi connectivity index (χ4n) is 3.59. The van der Waals surface area contributed by atoms with Gasteiger partial charge in [0.2, 0.25) is 5.91 Å². The predicted octanol–water partition coefficient (Wildman–Crippen LogP) is 4.17. The second kappa shape index (κ2) is 6.37. The van der Waals surface area contributed by atoms with Gasteiger partial charge in [0.15, 0.2) is 0 Å². The number of carbonyl (C=O) groups is 2. The number of primary amides is 1. The van der Waals surface area contributed by atoms with Gasteiger partial charge in [0.1, 0.15) is 5.69 Å². The first kappa shape index (κ1) is 15.9. The number of hydrogen-bond donors (Lipinski definition) is 2. The lowest BCUT2D eigenvalue weighted by molar-refractivity contribution is 0.0997. The van der Waals surface area contributed by atoms with Crippen molar-refractivity contribution in [3.8, 4) is 0 Å². The highest BCUT2D eigenvalue weighted by molar-refractivity contribution is 7.17. The fraction of sp³-hybridized carbons (Fsp3) is 0.263. The Morgan fingerprint density at radius 1 is 1.12 bits per heavy atom. The van der Waals surface area contributed by atoms with Gasteiger partial charge in [0, 0.05) is 17.3 Å². The third-order valence-electron chi connectivity index (χ3n) is 4.81. The molecule has 128 valence electrons. The van der Waals surface area contributed by atoms with Crippen LogP contribution in [0.25, 0.3) is 10.2 Å². The summed E-state index contributed by atoms with van der Waals surface area (Å²) in [5, 5.41) is 5.00. The van der Waals surface area contributed by atoms with Gasteiger partial charge in [-0.3, -0.25) is 9.59 Å². The van der Waals surface area contributed by atoms with Crippen LogP contribution in [0, 0.1) is 0 Å². The second-order valence-corrected chi connectivity index (χ2v) is 7.35. The van der Waals surface area contributed by atoms with Crippen molar-refractivity contribution in [1.82, 2.24) is 4.57 Å². The normalized spacial score (nSPS) is 14.9. The van der Waals surface area contributed by atoms with Crippen LogP contribution in [0.4, 0.5) is 5.69 Å². The first-order valence-electron chi connectivity index (χ1n) is 8.43. The molecule has 0 aliphatic heterocycles. The zero-order chi connectivity index (χ0) is 17.4. The Morgan fingerprint density at radius 3 is 2.52 bits per heavy atom. The zero-order valence-electron chi connectivity index (χ0n) is 13.7. The third kappa shape index (κ3) is 2.93. The molecule has 25 heavy (non-hydrogen) atoms. The molecule has 3 N–H and O–H groups in total. The van der Waals surface area contributed by atoms with Crippen LogP contribution in [0.3, 0.4) is 0 Å². The van der Waals surface area contributed by atoms with E-state index in [-0.39, 0.29) is 5.91 Å². The summed E-state index contributed by atoms with van der Waals surface area (Å²) in [4.78, 5) is 24.0. The quantitative estimate of drug-likeness (QED) is 0.738. The van der Waals surface area contributed by atoms with E-state index in [0.717, 1.165) is 23.1 Å². The van der Waals surface area contributed by atoms with Gasteiger partial charge in [-0.1, -0.05) is 12.8 Å². The molecule has 2 amide bonds. The van der Waals surface area contributed by atoms with Gasteiger partial charge in [-0.2, -0.15) is 0 Å². The number of rotatable bonds is 4. The molecule has 2 heterocycles. The fourth-order valence-corrected chi connectivity index (χ4v) is 4.40. The van der Waals surface area contributed by atoms with E-state index in [0.29, 0.717) is 23.0 Å². The van der Waals surface area contributed by atoms with E-state index in [2.05, 4.69) is 21.3 Å². The number of thiophene rings is 1. The van der Waals surface area contributed by atoms with E-state index in [1.807, 2.05) is 6.07 Å². The Labute approximate surface area is 149 Å². The lowest BCUT2D eigenvalue weighted by Gasteiger charge is -2.17. The Morgan fingerprint density at radius 2 is 1.84 bits per heavy atom. The monoisotopic (exact) mass is 353 g/mol. The number of nitrogens with zero attached hydrogens (tertiary/aromatic N) is 1. The topological polar surface area (TPSA) is 77.1 Å². The van der Waals surface area contributed by atoms with Gasteiger partial charge >= 0.3 is 0 Å². The third-order valence-corrected chi connectivity index (χ3v) is 5.66. The predicted molar refractivity (Wildman–Crippen MR) is 100 cm³/mol. The van der Waals surface area contributed by atoms with Crippen LogP contribution < -0.4 is 11.1 Å². The minimum atomic E-state index is -0.478. The molecule has 1 fully saturated rings. The lowest BCUT2D eigenvalue weighted by atomic mass is 10.2. The van der Waals surface area contributed by atoms with Crippen LogP contribution in [0.2, 0.25) is 0 Å². The van der Waals surface area contributed by atoms with Crippen molar-refractivity contribution in [2.75, 3.05) is 5.32 Å². The van der Waals surface area contributed by atoms with E-state index in [4.69, 9.17) is 5.73 Å². The summed E-state index contributed by atoms with van der Waals surface area (Å²) in [6.07, 6.45) is 4.66. The number of amides is 2. The number of anilines is 1. The maximum atomic E-state index is 12.9. The Bertz CT molecular complexity index is 933. The molecule has 0 spiro atoms. The largest absolute Gasteiger partial charge is 0.366 e. The maximum Gasteiger partial charge on any atom is 0.272 e. The summed E-state index contributed by atoms with van der Waals surface area (Å²) in [5.41, 5.74) is 8.17. The Kier molecular flexibility index (Phi) is 4.05. The first-order valence-corrected chi connectivity index (χ1v) is 9.31. The highest BCUT2D eigenvalue weighted by Gasteiger charge is 2.25. The van der Waals surface area contributed by atoms with Gasteiger partial charge in [-0.05, 0) is 54.6 Å². The molecule has 1 aromatic carbocycles. The molecule has 1 aliphatic rings. The minimum absolute atomic E-state index is 0.123. The highest BCUT2D eigenvalue weighted by Crippen LogP contribution is 2.36. The molecule has 3 aromatic rings. The van der Waals surface area contributed by atoms with Gasteiger partial charge in [0.05, 0.1) is 10.2 Å². The number of benzene rings is 1. The van der Waals surface area contributed by atoms with Gasteiger partial charge in [-0.15, -0.1) is 11.3 Å². The van der Waals surface area contributed by atoms with Crippen LogP contribution in [-0.2, 0) is 0 Å². The van der Waals surface area contributed by atoms with Gasteiger partial charge in [-0.25, -0.2) is 0 Å². The van der Waals surface area contributed by atoms with Crippen LogP contribution in [0.5, 0.6) is 0 Å². The summed E-state index contributed by atoms with van der Waals surface area (Å²) in [7, 11) is 0. The molecule has 1 aliphatic carbocycles. The van der Waals surface area contributed by atoms with Crippen molar-refractivity contribution >= 4 is 39.1 Å². The van der Waals surface area contributed by atoms with Crippen molar-refractivity contribution in [3.63, 3.8) is 0 Å². The maximum absolute atomic E-state index is 12.9. The number of fused-ring (bicyclic) bond motifs is 1. The summed E-state index contributed by atoms with van der Waals surface area (Å²) in [5.74, 6) is -0.602. The number of hydrogen-bond acceptors (Lipinski definition) is 3. The van der Waals surface area contributed by atoms with E-state index >= 15 is 0 Å². The molecule has 6 heteroatoms. The van der Waals surface area contributed by atoms with Crippen LogP contribution in [0.1, 0.15) is 52.6 Å². The standard InChI is InChI=1S/C19H19N3O2S/c20-18(23)12-5-7-13(8-6-12)21-19(24)16-11-17-15(9-10-25-17)22(16)14-3-1-2-4-14/h5-11,14H,1-4H2,(H2,20,23)(H,21,24). The number of nitrogens with one attached hydrogen (secondary N) is 1. The average molecular weight is 353 g/mol. The molecule has 0 saturated heterocycles. The lowest BCUT2D eigenvalue weighted by Crippen LogP contribution is -2.19. The summed E-state index contributed by atoms with van der Waals surface area (Å²) in [6.45, 7) is 0. The van der Waals surface area contributed by atoms with E-state index in [9.17, 15) is 9.59 Å². The van der Waals surface area contributed by atoms with Crippen LogP contribution in [0.15, 0.2) is 41.8 Å². The van der Waals surface area contributed by atoms with Crippen molar-refractivity contribution in [2.24, 2.45) is 5.73 Å². The summed E-state index contributed by atoms with van der Waals surface area (Å²) < 4.78 is 3.34. The van der Waals surface area contributed by atoms with E-state index in [1.54, 1.807) is 35.6 Å². The Hall–Kier alpha value is -2.60. The van der Waals surface area contributed by atoms with E-state index in [1.165, 1.54) is 12.8 Å². The smallest absolute Gasteiger partial charge is 0.272 e. The summed E-state index contributed by atoms with van der Waals surface area (Å²) >= 11 is 1.66. The molecule has 2 aromatic heterocycles. The molecule has 0 radical (unpaired) electrons. The van der Waals surface area contributed by atoms with Crippen LogP contribution in [-0.4, -0.2) is 16.4 Å². The van der Waals surface area contributed by atoms with Crippen molar-refractivity contribution in [3.05, 3.63) is 53.0 Å². The average Bonchev–Trinajstić information content (AvgIpc) is 3.31. The van der Waals surface area contributed by atoms with E-state index < -0.39 is 5.91 Å². The van der Waals surface area contributed by atoms with Crippen molar-refractivity contribution in [1.29, 1.82) is 0 Å². The number of carbonyl (C=O) groups excluding carboxylic acids is 2. The molecule has 0 bridgehead atoms. The summed E-state index contributed by atoms with van der Waals surface area (Å²) in [6, 6.07) is 11.1. The first-order chi connectivity index (χ1) is 12.1. The van der Waals surface area contributed by atoms with Crippen molar-refractivity contribution < 1.29 is 9.59 Å². The van der Waals surface area contributed by atoms with Crippen molar-refractivity contribution in [2.45, 2.75) is 31.7 Å². The van der Waals surface area contributed by atoms with Gasteiger partial charge in [0.25, 0.3) is 5.91 Å². The zero-order valence-corrected chi connectivity index (χ0v) is 14.5. The molecule has 1 saturated carbocycles. The Balaban J connectivity index is 1.64. The second-order valence-electron chi connectivity index (χ2n) is 6.40. The number of aromatic nitrogens is 1. The molecule has 4 rings (SSSR count).